The highest BCUT2D eigenvalue weighted by molar-refractivity contribution is 7.90. The van der Waals surface area contributed by atoms with E-state index < -0.39 is 15.9 Å². The van der Waals surface area contributed by atoms with Crippen molar-refractivity contribution in [2.45, 2.75) is 13.0 Å². The van der Waals surface area contributed by atoms with E-state index in [0.717, 1.165) is 6.26 Å². The van der Waals surface area contributed by atoms with Crippen LogP contribution in [-0.2, 0) is 14.6 Å². The summed E-state index contributed by atoms with van der Waals surface area (Å²) in [5.74, 6) is 0.180. The number of amides is 1. The Hall–Kier alpha value is -1.27. The topological polar surface area (TPSA) is 63.7 Å². The molecule has 0 aliphatic heterocycles. The van der Waals surface area contributed by atoms with Gasteiger partial charge in [0.05, 0.1) is 5.75 Å². The second-order valence-electron chi connectivity index (χ2n) is 4.69. The average Bonchev–Trinajstić information content (AvgIpc) is 2.34. The molecule has 0 spiro atoms. The van der Waals surface area contributed by atoms with Gasteiger partial charge in [0.25, 0.3) is 5.91 Å². The zero-order valence-electron chi connectivity index (χ0n) is 11.7. The third-order valence-electron chi connectivity index (χ3n) is 2.77. The maximum Gasteiger partial charge on any atom is 0.260 e. The third-order valence-corrected chi connectivity index (χ3v) is 4.11. The first kappa shape index (κ1) is 16.8. The van der Waals surface area contributed by atoms with Gasteiger partial charge in [0.1, 0.15) is 15.6 Å². The molecule has 0 bridgehead atoms. The number of benzene rings is 1. The predicted octanol–water partition coefficient (Wildman–Crippen LogP) is 1.61. The highest BCUT2D eigenvalue weighted by atomic mass is 35.5. The Kier molecular flexibility index (Phi) is 5.83. The summed E-state index contributed by atoms with van der Waals surface area (Å²) in [6.45, 7) is 1.54. The van der Waals surface area contributed by atoms with Gasteiger partial charge in [-0.1, -0.05) is 11.6 Å². The van der Waals surface area contributed by atoms with Crippen molar-refractivity contribution < 1.29 is 17.9 Å². The van der Waals surface area contributed by atoms with Crippen molar-refractivity contribution in [2.75, 3.05) is 25.7 Å². The molecular weight excluding hydrogens is 302 g/mol. The number of sulfone groups is 1. The van der Waals surface area contributed by atoms with Gasteiger partial charge in [0, 0.05) is 24.4 Å². The Morgan fingerprint density at radius 1 is 1.35 bits per heavy atom. The zero-order chi connectivity index (χ0) is 15.3. The summed E-state index contributed by atoms with van der Waals surface area (Å²) in [6.07, 6.45) is 1.14. The van der Waals surface area contributed by atoms with E-state index in [4.69, 9.17) is 16.3 Å². The van der Waals surface area contributed by atoms with Gasteiger partial charge < -0.3 is 9.64 Å². The van der Waals surface area contributed by atoms with Crippen molar-refractivity contribution in [2.24, 2.45) is 0 Å². The zero-order valence-corrected chi connectivity index (χ0v) is 13.2. The molecule has 20 heavy (non-hydrogen) atoms. The van der Waals surface area contributed by atoms with Crippen LogP contribution in [-0.4, -0.2) is 50.9 Å². The van der Waals surface area contributed by atoms with Gasteiger partial charge in [-0.25, -0.2) is 8.42 Å². The number of nitrogens with zero attached hydrogens (tertiary/aromatic N) is 1. The van der Waals surface area contributed by atoms with Crippen molar-refractivity contribution in [1.82, 2.24) is 4.90 Å². The Balaban J connectivity index is 2.51. The molecule has 5 nitrogen and oxygen atoms in total. The molecule has 0 saturated heterocycles. The fourth-order valence-corrected chi connectivity index (χ4v) is 2.80. The fraction of sp³-hybridized carbons (Fsp3) is 0.462. The Morgan fingerprint density at radius 3 is 2.40 bits per heavy atom. The van der Waals surface area contributed by atoms with E-state index in [1.807, 2.05) is 0 Å². The lowest BCUT2D eigenvalue weighted by Crippen LogP contribution is -2.41. The Morgan fingerprint density at radius 2 is 1.90 bits per heavy atom. The van der Waals surface area contributed by atoms with E-state index in [1.54, 1.807) is 38.2 Å². The van der Waals surface area contributed by atoms with E-state index in [2.05, 4.69) is 0 Å². The quantitative estimate of drug-likeness (QED) is 0.799. The van der Waals surface area contributed by atoms with Crippen LogP contribution < -0.4 is 4.74 Å². The molecule has 1 aromatic carbocycles. The van der Waals surface area contributed by atoms with Crippen molar-refractivity contribution in [3.8, 4) is 5.75 Å². The molecular formula is C13H18ClNO4S. The van der Waals surface area contributed by atoms with Crippen LogP contribution in [0, 0.1) is 0 Å². The number of hydrogen-bond donors (Lipinski definition) is 0. The Bertz CT molecular complexity index is 556. The molecule has 1 aromatic rings. The van der Waals surface area contributed by atoms with Gasteiger partial charge in [0.2, 0.25) is 0 Å². The monoisotopic (exact) mass is 319 g/mol. The summed E-state index contributed by atoms with van der Waals surface area (Å²) in [5.41, 5.74) is 0. The molecule has 0 fully saturated rings. The number of carbonyl (C=O) groups excluding carboxylic acids is 1. The van der Waals surface area contributed by atoms with Crippen LogP contribution in [0.3, 0.4) is 0 Å². The summed E-state index contributed by atoms with van der Waals surface area (Å²) in [6, 6.07) is 6.26. The molecule has 0 saturated carbocycles. The minimum absolute atomic E-state index is 0.0732. The van der Waals surface area contributed by atoms with Gasteiger partial charge in [-0.15, -0.1) is 0 Å². The first-order valence-corrected chi connectivity index (χ1v) is 8.44. The number of likely N-dealkylation sites (N-methyl/N-ethyl adjacent to an activating group) is 1. The number of hydrogen-bond acceptors (Lipinski definition) is 4. The number of carbonyl (C=O) groups is 1. The minimum atomic E-state index is -3.12. The maximum absolute atomic E-state index is 11.9. The van der Waals surface area contributed by atoms with Gasteiger partial charge in [0.15, 0.2) is 6.61 Å². The predicted molar refractivity (Wildman–Crippen MR) is 78.9 cm³/mol. The second-order valence-corrected chi connectivity index (χ2v) is 7.31. The van der Waals surface area contributed by atoms with Gasteiger partial charge in [-0.3, -0.25) is 4.79 Å². The Labute approximate surface area is 124 Å². The molecule has 0 aliphatic carbocycles. The molecule has 0 N–H and O–H groups in total. The van der Waals surface area contributed by atoms with Gasteiger partial charge >= 0.3 is 0 Å². The molecule has 0 aliphatic rings. The molecule has 112 valence electrons. The average molecular weight is 320 g/mol. The van der Waals surface area contributed by atoms with E-state index in [9.17, 15) is 13.2 Å². The van der Waals surface area contributed by atoms with Crippen molar-refractivity contribution >= 4 is 27.3 Å². The van der Waals surface area contributed by atoms with Crippen LogP contribution in [0.5, 0.6) is 5.75 Å². The van der Waals surface area contributed by atoms with Gasteiger partial charge in [-0.05, 0) is 31.2 Å². The highest BCUT2D eigenvalue weighted by Gasteiger charge is 2.20. The summed E-state index contributed by atoms with van der Waals surface area (Å²) in [4.78, 5) is 13.3. The molecule has 7 heteroatoms. The van der Waals surface area contributed by atoms with E-state index in [0.29, 0.717) is 10.8 Å². The number of ether oxygens (including phenoxy) is 1. The van der Waals surface area contributed by atoms with Crippen LogP contribution in [0.1, 0.15) is 6.92 Å². The molecule has 0 unspecified atom stereocenters. The van der Waals surface area contributed by atoms with Crippen molar-refractivity contribution in [1.29, 1.82) is 0 Å². The summed E-state index contributed by atoms with van der Waals surface area (Å²) >= 11 is 5.74. The van der Waals surface area contributed by atoms with Crippen LogP contribution in [0.2, 0.25) is 5.02 Å². The second kappa shape index (κ2) is 6.95. The summed E-state index contributed by atoms with van der Waals surface area (Å²) in [7, 11) is -1.56. The SMILES string of the molecule is C[C@H](CS(C)(=O)=O)N(C)C(=O)COc1ccc(Cl)cc1. The summed E-state index contributed by atoms with van der Waals surface area (Å²) in [5, 5.41) is 0.586. The first-order valence-electron chi connectivity index (χ1n) is 6.01. The standard InChI is InChI=1S/C13H18ClNO4S/c1-10(9-20(3,17)18)15(2)13(16)8-19-12-6-4-11(14)5-7-12/h4-7,10H,8-9H2,1-3H3/t10-/m1/s1. The third kappa shape index (κ3) is 5.79. The fourth-order valence-electron chi connectivity index (χ4n) is 1.57. The molecule has 0 aromatic heterocycles. The molecule has 1 atom stereocenters. The van der Waals surface area contributed by atoms with Crippen LogP contribution >= 0.6 is 11.6 Å². The number of halogens is 1. The highest BCUT2D eigenvalue weighted by Crippen LogP contribution is 2.15. The number of rotatable bonds is 6. The minimum Gasteiger partial charge on any atom is -0.484 e. The molecule has 0 radical (unpaired) electrons. The van der Waals surface area contributed by atoms with E-state index in [-0.39, 0.29) is 18.3 Å². The van der Waals surface area contributed by atoms with Crippen molar-refractivity contribution in [3.05, 3.63) is 29.3 Å². The smallest absolute Gasteiger partial charge is 0.260 e. The van der Waals surface area contributed by atoms with Crippen molar-refractivity contribution in [3.63, 3.8) is 0 Å². The van der Waals surface area contributed by atoms with Crippen LogP contribution in [0.4, 0.5) is 0 Å². The van der Waals surface area contributed by atoms with Gasteiger partial charge in [-0.2, -0.15) is 0 Å². The lowest BCUT2D eigenvalue weighted by molar-refractivity contribution is -0.133. The summed E-state index contributed by atoms with van der Waals surface area (Å²) < 4.78 is 27.7. The molecule has 1 rings (SSSR count). The lowest BCUT2D eigenvalue weighted by atomic mass is 10.3. The van der Waals surface area contributed by atoms with E-state index in [1.165, 1.54) is 4.90 Å². The lowest BCUT2D eigenvalue weighted by Gasteiger charge is -2.24. The van der Waals surface area contributed by atoms with Crippen LogP contribution in [0.25, 0.3) is 0 Å². The van der Waals surface area contributed by atoms with E-state index >= 15 is 0 Å². The normalized spacial score (nSPS) is 12.8. The molecule has 1 amide bonds. The largest absolute Gasteiger partial charge is 0.484 e. The van der Waals surface area contributed by atoms with Crippen LogP contribution in [0.15, 0.2) is 24.3 Å². The maximum atomic E-state index is 11.9. The molecule has 0 heterocycles. The first-order chi connectivity index (χ1) is 9.19.